The van der Waals surface area contributed by atoms with Crippen molar-refractivity contribution in [2.45, 2.75) is 58.0 Å². The minimum atomic E-state index is -0.495. The number of benzene rings is 1. The summed E-state index contributed by atoms with van der Waals surface area (Å²) in [7, 11) is 0. The number of carbonyl (C=O) groups is 1. The Morgan fingerprint density at radius 3 is 2.84 bits per heavy atom. The summed E-state index contributed by atoms with van der Waals surface area (Å²) in [6.07, 6.45) is 3.52. The van der Waals surface area contributed by atoms with Crippen molar-refractivity contribution in [3.8, 4) is 0 Å². The zero-order valence-electron chi connectivity index (χ0n) is 15.6. The van der Waals surface area contributed by atoms with Crippen molar-refractivity contribution in [2.24, 2.45) is 11.7 Å². The third-order valence-corrected chi connectivity index (χ3v) is 4.67. The van der Waals surface area contributed by atoms with Crippen molar-refractivity contribution < 1.29 is 13.9 Å². The van der Waals surface area contributed by atoms with Gasteiger partial charge in [0, 0.05) is 13.1 Å². The maximum atomic E-state index is 13.7. The Morgan fingerprint density at radius 1 is 1.44 bits per heavy atom. The Labute approximate surface area is 150 Å². The van der Waals surface area contributed by atoms with E-state index >= 15 is 0 Å². The molecule has 1 aromatic carbocycles. The van der Waals surface area contributed by atoms with Crippen LogP contribution >= 0.6 is 0 Å². The van der Waals surface area contributed by atoms with E-state index in [4.69, 9.17) is 10.5 Å². The van der Waals surface area contributed by atoms with Crippen molar-refractivity contribution in [3.63, 3.8) is 0 Å². The number of hydrogen-bond acceptors (Lipinski definition) is 3. The zero-order valence-corrected chi connectivity index (χ0v) is 15.6. The maximum Gasteiger partial charge on any atom is 0.410 e. The quantitative estimate of drug-likeness (QED) is 0.861. The molecule has 0 radical (unpaired) electrons. The monoisotopic (exact) mass is 350 g/mol. The molecule has 0 aliphatic carbocycles. The number of piperidine rings is 1. The van der Waals surface area contributed by atoms with Crippen LogP contribution in [0.4, 0.5) is 9.18 Å². The van der Waals surface area contributed by atoms with Crippen LogP contribution < -0.4 is 5.73 Å². The molecule has 1 aliphatic rings. The fourth-order valence-corrected chi connectivity index (χ4v) is 3.58. The molecule has 1 fully saturated rings. The van der Waals surface area contributed by atoms with Crippen LogP contribution in [0.5, 0.6) is 0 Å². The van der Waals surface area contributed by atoms with Gasteiger partial charge < -0.3 is 15.4 Å². The first-order valence-corrected chi connectivity index (χ1v) is 9.23. The summed E-state index contributed by atoms with van der Waals surface area (Å²) in [6, 6.07) is 6.83. The van der Waals surface area contributed by atoms with Gasteiger partial charge in [-0.15, -0.1) is 0 Å². The number of rotatable bonds is 5. The smallest absolute Gasteiger partial charge is 0.410 e. The predicted molar refractivity (Wildman–Crippen MR) is 98.0 cm³/mol. The molecule has 2 rings (SSSR count). The summed E-state index contributed by atoms with van der Waals surface area (Å²) >= 11 is 0. The summed E-state index contributed by atoms with van der Waals surface area (Å²) in [6.45, 7) is 7.63. The Bertz CT molecular complexity index is 571. The fraction of sp³-hybridized carbons (Fsp3) is 0.650. The Morgan fingerprint density at radius 2 is 2.20 bits per heavy atom. The molecule has 25 heavy (non-hydrogen) atoms. The molecule has 1 heterocycles. The molecule has 4 nitrogen and oxygen atoms in total. The van der Waals surface area contributed by atoms with Crippen molar-refractivity contribution in [1.82, 2.24) is 4.90 Å². The highest BCUT2D eigenvalue weighted by molar-refractivity contribution is 5.68. The molecular formula is C20H31FN2O2. The van der Waals surface area contributed by atoms with E-state index in [1.54, 1.807) is 17.0 Å². The van der Waals surface area contributed by atoms with Crippen LogP contribution in [0.3, 0.4) is 0 Å². The molecule has 0 saturated carbocycles. The second-order valence-corrected chi connectivity index (χ2v) is 7.92. The molecule has 0 spiro atoms. The van der Waals surface area contributed by atoms with Crippen molar-refractivity contribution >= 4 is 6.09 Å². The SMILES string of the molecule is CC(C)(C)OC(=O)N1CCC[C@@H](C(CCCN)c2cccc(F)c2)C1. The lowest BCUT2D eigenvalue weighted by atomic mass is 9.78. The molecule has 2 atom stereocenters. The van der Waals surface area contributed by atoms with E-state index in [1.807, 2.05) is 26.8 Å². The number of halogens is 1. The first kappa shape index (κ1) is 19.7. The van der Waals surface area contributed by atoms with Crippen LogP contribution in [0.1, 0.15) is 57.9 Å². The first-order chi connectivity index (χ1) is 11.8. The van der Waals surface area contributed by atoms with Crippen LogP contribution in [-0.2, 0) is 4.74 Å². The Balaban J connectivity index is 2.12. The maximum absolute atomic E-state index is 13.7. The lowest BCUT2D eigenvalue weighted by Crippen LogP contribution is -2.44. The molecule has 1 aromatic rings. The standard InChI is InChI=1S/C20H31FN2O2/c1-20(2,3)25-19(24)23-12-6-8-16(14-23)18(10-5-11-22)15-7-4-9-17(21)13-15/h4,7,9,13,16,18H,5-6,8,10-12,14,22H2,1-3H3/t16-,18?/m1/s1. The fourth-order valence-electron chi connectivity index (χ4n) is 3.58. The molecule has 1 aliphatic heterocycles. The molecule has 140 valence electrons. The molecule has 1 amide bonds. The summed E-state index contributed by atoms with van der Waals surface area (Å²) in [5.41, 5.74) is 6.21. The van der Waals surface area contributed by atoms with Crippen LogP contribution in [0.2, 0.25) is 0 Å². The molecule has 1 unspecified atom stereocenters. The van der Waals surface area contributed by atoms with E-state index < -0.39 is 5.60 Å². The third kappa shape index (κ3) is 5.99. The summed E-state index contributed by atoms with van der Waals surface area (Å²) in [4.78, 5) is 14.2. The van der Waals surface area contributed by atoms with E-state index in [1.165, 1.54) is 6.07 Å². The number of carbonyl (C=O) groups excluding carboxylic acids is 1. The summed E-state index contributed by atoms with van der Waals surface area (Å²) in [5, 5.41) is 0. The Hall–Kier alpha value is -1.62. The summed E-state index contributed by atoms with van der Waals surface area (Å²) in [5.74, 6) is 0.300. The van der Waals surface area contributed by atoms with E-state index in [-0.39, 0.29) is 17.8 Å². The average Bonchev–Trinajstić information content (AvgIpc) is 2.54. The van der Waals surface area contributed by atoms with Gasteiger partial charge in [0.05, 0.1) is 0 Å². The van der Waals surface area contributed by atoms with Gasteiger partial charge in [-0.1, -0.05) is 12.1 Å². The minimum Gasteiger partial charge on any atom is -0.444 e. The largest absolute Gasteiger partial charge is 0.444 e. The van der Waals surface area contributed by atoms with E-state index in [0.29, 0.717) is 19.0 Å². The highest BCUT2D eigenvalue weighted by atomic mass is 19.1. The number of nitrogens with zero attached hydrogens (tertiary/aromatic N) is 1. The number of nitrogens with two attached hydrogens (primary N) is 1. The second kappa shape index (κ2) is 8.65. The van der Waals surface area contributed by atoms with E-state index in [2.05, 4.69) is 0 Å². The molecule has 0 bridgehead atoms. The molecule has 5 heteroatoms. The van der Waals surface area contributed by atoms with Gasteiger partial charge in [-0.25, -0.2) is 9.18 Å². The topological polar surface area (TPSA) is 55.6 Å². The van der Waals surface area contributed by atoms with Crippen molar-refractivity contribution in [2.75, 3.05) is 19.6 Å². The number of hydrogen-bond donors (Lipinski definition) is 1. The van der Waals surface area contributed by atoms with Crippen molar-refractivity contribution in [3.05, 3.63) is 35.6 Å². The van der Waals surface area contributed by atoms with Gasteiger partial charge in [-0.2, -0.15) is 0 Å². The average molecular weight is 350 g/mol. The number of likely N-dealkylation sites (tertiary alicyclic amines) is 1. The normalized spacial score (nSPS) is 19.6. The zero-order chi connectivity index (χ0) is 18.4. The van der Waals surface area contributed by atoms with Crippen molar-refractivity contribution in [1.29, 1.82) is 0 Å². The van der Waals surface area contributed by atoms with Gasteiger partial charge in [0.25, 0.3) is 0 Å². The number of amides is 1. The molecule has 1 saturated heterocycles. The molecule has 2 N–H and O–H groups in total. The van der Waals surface area contributed by atoms with Gasteiger partial charge in [0.2, 0.25) is 0 Å². The van der Waals surface area contributed by atoms with Gasteiger partial charge in [-0.05, 0) is 82.5 Å². The second-order valence-electron chi connectivity index (χ2n) is 7.92. The molecule has 0 aromatic heterocycles. The van der Waals surface area contributed by atoms with Gasteiger partial charge in [0.15, 0.2) is 0 Å². The predicted octanol–water partition coefficient (Wildman–Crippen LogP) is 4.30. The third-order valence-electron chi connectivity index (χ3n) is 4.67. The highest BCUT2D eigenvalue weighted by Crippen LogP contribution is 2.35. The Kier molecular flexibility index (Phi) is 6.82. The first-order valence-electron chi connectivity index (χ1n) is 9.23. The van der Waals surface area contributed by atoms with E-state index in [9.17, 15) is 9.18 Å². The molecular weight excluding hydrogens is 319 g/mol. The van der Waals surface area contributed by atoms with Gasteiger partial charge in [0.1, 0.15) is 11.4 Å². The lowest BCUT2D eigenvalue weighted by molar-refractivity contribution is 0.0148. The van der Waals surface area contributed by atoms with Crippen LogP contribution in [0, 0.1) is 11.7 Å². The highest BCUT2D eigenvalue weighted by Gasteiger charge is 2.32. The van der Waals surface area contributed by atoms with Crippen LogP contribution in [0.25, 0.3) is 0 Å². The lowest BCUT2D eigenvalue weighted by Gasteiger charge is -2.38. The van der Waals surface area contributed by atoms with Gasteiger partial charge >= 0.3 is 6.09 Å². The minimum absolute atomic E-state index is 0.212. The van der Waals surface area contributed by atoms with Gasteiger partial charge in [-0.3, -0.25) is 0 Å². The van der Waals surface area contributed by atoms with Crippen LogP contribution in [-0.4, -0.2) is 36.2 Å². The number of ether oxygens (including phenoxy) is 1. The summed E-state index contributed by atoms with van der Waals surface area (Å²) < 4.78 is 19.2. The van der Waals surface area contributed by atoms with E-state index in [0.717, 1.165) is 37.8 Å². The van der Waals surface area contributed by atoms with Crippen LogP contribution in [0.15, 0.2) is 24.3 Å².